The molecule has 0 aliphatic carbocycles. The largest absolute Gasteiger partial charge is 0.314 e. The SMILES string of the molecule is C#Cc1ccc(C2CNCCN2C)cc1. The molecule has 1 aliphatic heterocycles. The van der Waals surface area contributed by atoms with Crippen LogP contribution in [0.25, 0.3) is 0 Å². The van der Waals surface area contributed by atoms with Gasteiger partial charge in [-0.25, -0.2) is 0 Å². The summed E-state index contributed by atoms with van der Waals surface area (Å²) < 4.78 is 0. The number of piperazine rings is 1. The maximum atomic E-state index is 5.33. The van der Waals surface area contributed by atoms with Crippen molar-refractivity contribution in [1.29, 1.82) is 0 Å². The standard InChI is InChI=1S/C13H16N2/c1-3-11-4-6-12(7-5-11)13-10-14-8-9-15(13)2/h1,4-7,13-14H,8-10H2,2H3. The quantitative estimate of drug-likeness (QED) is 0.686. The van der Waals surface area contributed by atoms with E-state index in [1.54, 1.807) is 0 Å². The fourth-order valence-electron chi connectivity index (χ4n) is 1.98. The first-order valence-corrected chi connectivity index (χ1v) is 5.29. The Hall–Kier alpha value is -1.30. The number of rotatable bonds is 1. The summed E-state index contributed by atoms with van der Waals surface area (Å²) in [5.41, 5.74) is 2.29. The second-order valence-electron chi connectivity index (χ2n) is 3.97. The third-order valence-corrected chi connectivity index (χ3v) is 2.97. The van der Waals surface area contributed by atoms with Gasteiger partial charge in [0.15, 0.2) is 0 Å². The van der Waals surface area contributed by atoms with E-state index >= 15 is 0 Å². The van der Waals surface area contributed by atoms with Gasteiger partial charge in [0, 0.05) is 31.2 Å². The summed E-state index contributed by atoms with van der Waals surface area (Å²) in [6, 6.07) is 8.76. The molecular formula is C13H16N2. The molecule has 1 fully saturated rings. The molecule has 2 heteroatoms. The predicted molar refractivity (Wildman–Crippen MR) is 62.6 cm³/mol. The molecular weight excluding hydrogens is 184 g/mol. The van der Waals surface area contributed by atoms with Crippen LogP contribution in [0.15, 0.2) is 24.3 Å². The monoisotopic (exact) mass is 200 g/mol. The van der Waals surface area contributed by atoms with Crippen LogP contribution in [0.5, 0.6) is 0 Å². The van der Waals surface area contributed by atoms with Crippen molar-refractivity contribution >= 4 is 0 Å². The average Bonchev–Trinajstić information content (AvgIpc) is 2.30. The zero-order valence-corrected chi connectivity index (χ0v) is 9.03. The van der Waals surface area contributed by atoms with Gasteiger partial charge in [-0.3, -0.25) is 4.90 Å². The molecule has 2 nitrogen and oxygen atoms in total. The van der Waals surface area contributed by atoms with E-state index in [-0.39, 0.29) is 0 Å². The lowest BCUT2D eigenvalue weighted by atomic mass is 10.0. The van der Waals surface area contributed by atoms with E-state index in [2.05, 4.69) is 35.3 Å². The number of terminal acetylenes is 1. The van der Waals surface area contributed by atoms with E-state index in [1.807, 2.05) is 12.1 Å². The minimum absolute atomic E-state index is 0.477. The Kier molecular flexibility index (Phi) is 3.05. The zero-order chi connectivity index (χ0) is 10.7. The number of nitrogens with zero attached hydrogens (tertiary/aromatic N) is 1. The lowest BCUT2D eigenvalue weighted by molar-refractivity contribution is 0.202. The number of likely N-dealkylation sites (N-methyl/N-ethyl adjacent to an activating group) is 1. The number of hydrogen-bond donors (Lipinski definition) is 1. The van der Waals surface area contributed by atoms with Crippen molar-refractivity contribution in [3.05, 3.63) is 35.4 Å². The second-order valence-corrected chi connectivity index (χ2v) is 3.97. The maximum absolute atomic E-state index is 5.33. The lowest BCUT2D eigenvalue weighted by Gasteiger charge is -2.33. The summed E-state index contributed by atoms with van der Waals surface area (Å²) >= 11 is 0. The molecule has 1 aromatic carbocycles. The van der Waals surface area contributed by atoms with Crippen molar-refractivity contribution in [2.45, 2.75) is 6.04 Å². The van der Waals surface area contributed by atoms with Crippen LogP contribution in [-0.4, -0.2) is 31.6 Å². The Morgan fingerprint density at radius 2 is 2.13 bits per heavy atom. The van der Waals surface area contributed by atoms with Gasteiger partial charge in [0.2, 0.25) is 0 Å². The van der Waals surface area contributed by atoms with Crippen molar-refractivity contribution in [3.8, 4) is 12.3 Å². The third-order valence-electron chi connectivity index (χ3n) is 2.97. The van der Waals surface area contributed by atoms with E-state index in [0.29, 0.717) is 6.04 Å². The fourth-order valence-corrected chi connectivity index (χ4v) is 1.98. The maximum Gasteiger partial charge on any atom is 0.0470 e. The highest BCUT2D eigenvalue weighted by atomic mass is 15.2. The molecule has 1 aromatic rings. The number of benzene rings is 1. The molecule has 0 amide bonds. The Balaban J connectivity index is 2.18. The molecule has 15 heavy (non-hydrogen) atoms. The van der Waals surface area contributed by atoms with Crippen LogP contribution in [-0.2, 0) is 0 Å². The Morgan fingerprint density at radius 3 is 2.73 bits per heavy atom. The van der Waals surface area contributed by atoms with Crippen LogP contribution in [0.3, 0.4) is 0 Å². The predicted octanol–water partition coefficient (Wildman–Crippen LogP) is 1.24. The van der Waals surface area contributed by atoms with E-state index in [9.17, 15) is 0 Å². The first-order valence-electron chi connectivity index (χ1n) is 5.29. The first kappa shape index (κ1) is 10.2. The first-order chi connectivity index (χ1) is 7.31. The summed E-state index contributed by atoms with van der Waals surface area (Å²) in [7, 11) is 2.17. The minimum atomic E-state index is 0.477. The number of hydrogen-bond acceptors (Lipinski definition) is 2. The summed E-state index contributed by atoms with van der Waals surface area (Å²) in [5.74, 6) is 2.64. The highest BCUT2D eigenvalue weighted by Gasteiger charge is 2.19. The van der Waals surface area contributed by atoms with Gasteiger partial charge < -0.3 is 5.32 Å². The molecule has 0 spiro atoms. The van der Waals surface area contributed by atoms with Gasteiger partial charge in [0.25, 0.3) is 0 Å². The molecule has 0 aromatic heterocycles. The Morgan fingerprint density at radius 1 is 1.40 bits per heavy atom. The van der Waals surface area contributed by atoms with Crippen LogP contribution < -0.4 is 5.32 Å². The zero-order valence-electron chi connectivity index (χ0n) is 9.03. The Bertz CT molecular complexity index is 361. The van der Waals surface area contributed by atoms with E-state index in [4.69, 9.17) is 6.42 Å². The van der Waals surface area contributed by atoms with Gasteiger partial charge in [0.05, 0.1) is 0 Å². The van der Waals surface area contributed by atoms with Gasteiger partial charge in [-0.2, -0.15) is 0 Å². The van der Waals surface area contributed by atoms with Crippen LogP contribution in [0.1, 0.15) is 17.2 Å². The van der Waals surface area contributed by atoms with E-state index in [1.165, 1.54) is 5.56 Å². The molecule has 0 bridgehead atoms. The molecule has 0 radical (unpaired) electrons. The summed E-state index contributed by atoms with van der Waals surface area (Å²) in [4.78, 5) is 2.38. The molecule has 1 aliphatic rings. The Labute approximate surface area is 91.3 Å². The normalized spacial score (nSPS) is 22.3. The summed E-state index contributed by atoms with van der Waals surface area (Å²) in [5, 5.41) is 3.41. The van der Waals surface area contributed by atoms with Gasteiger partial charge in [-0.15, -0.1) is 6.42 Å². The molecule has 1 heterocycles. The minimum Gasteiger partial charge on any atom is -0.314 e. The molecule has 78 valence electrons. The van der Waals surface area contributed by atoms with Crippen molar-refractivity contribution in [2.24, 2.45) is 0 Å². The topological polar surface area (TPSA) is 15.3 Å². The molecule has 1 atom stereocenters. The van der Waals surface area contributed by atoms with E-state index < -0.39 is 0 Å². The van der Waals surface area contributed by atoms with Crippen molar-refractivity contribution < 1.29 is 0 Å². The van der Waals surface area contributed by atoms with Gasteiger partial charge in [-0.05, 0) is 24.7 Å². The molecule has 1 saturated heterocycles. The summed E-state index contributed by atoms with van der Waals surface area (Å²) in [6.45, 7) is 3.20. The van der Waals surface area contributed by atoms with Crippen LogP contribution in [0.4, 0.5) is 0 Å². The number of nitrogens with one attached hydrogen (secondary N) is 1. The highest BCUT2D eigenvalue weighted by molar-refractivity contribution is 5.35. The molecule has 1 N–H and O–H groups in total. The van der Waals surface area contributed by atoms with Crippen LogP contribution in [0, 0.1) is 12.3 Å². The molecule has 1 unspecified atom stereocenters. The van der Waals surface area contributed by atoms with Crippen LogP contribution in [0.2, 0.25) is 0 Å². The molecule has 2 rings (SSSR count). The van der Waals surface area contributed by atoms with Gasteiger partial charge in [0.1, 0.15) is 0 Å². The van der Waals surface area contributed by atoms with Crippen molar-refractivity contribution in [3.63, 3.8) is 0 Å². The van der Waals surface area contributed by atoms with Gasteiger partial charge in [-0.1, -0.05) is 18.1 Å². The van der Waals surface area contributed by atoms with Crippen molar-refractivity contribution in [1.82, 2.24) is 10.2 Å². The highest BCUT2D eigenvalue weighted by Crippen LogP contribution is 2.20. The third kappa shape index (κ3) is 2.20. The molecule has 0 saturated carbocycles. The summed E-state index contributed by atoms with van der Waals surface area (Å²) in [6.07, 6.45) is 5.33. The van der Waals surface area contributed by atoms with Gasteiger partial charge >= 0.3 is 0 Å². The second kappa shape index (κ2) is 4.48. The van der Waals surface area contributed by atoms with E-state index in [0.717, 1.165) is 25.2 Å². The smallest absolute Gasteiger partial charge is 0.0470 e. The van der Waals surface area contributed by atoms with Crippen molar-refractivity contribution in [2.75, 3.05) is 26.7 Å². The fraction of sp³-hybridized carbons (Fsp3) is 0.385. The lowest BCUT2D eigenvalue weighted by Crippen LogP contribution is -2.43. The van der Waals surface area contributed by atoms with Crippen LogP contribution >= 0.6 is 0 Å². The average molecular weight is 200 g/mol.